The minimum Gasteiger partial charge on any atom is -0.360 e. The van der Waals surface area contributed by atoms with Crippen molar-refractivity contribution in [2.75, 3.05) is 17.6 Å². The lowest BCUT2D eigenvalue weighted by molar-refractivity contribution is -0.115. The van der Waals surface area contributed by atoms with E-state index in [4.69, 9.17) is 4.52 Å². The minimum atomic E-state index is -0.458. The van der Waals surface area contributed by atoms with Crippen molar-refractivity contribution in [3.63, 3.8) is 0 Å². The summed E-state index contributed by atoms with van der Waals surface area (Å²) >= 11 is 1.46. The van der Waals surface area contributed by atoms with Gasteiger partial charge in [0.25, 0.3) is 11.8 Å². The highest BCUT2D eigenvalue weighted by Crippen LogP contribution is 2.31. The average molecular weight is 436 g/mol. The molecule has 4 rings (SSSR count). The van der Waals surface area contributed by atoms with Gasteiger partial charge in [-0.3, -0.25) is 19.3 Å². The highest BCUT2D eigenvalue weighted by Gasteiger charge is 2.34. The maximum atomic E-state index is 12.9. The van der Waals surface area contributed by atoms with E-state index in [0.29, 0.717) is 41.4 Å². The number of imide groups is 1. The molecule has 3 aromatic rings. The van der Waals surface area contributed by atoms with Crippen LogP contribution in [0.15, 0.2) is 65.2 Å². The second kappa shape index (κ2) is 9.18. The van der Waals surface area contributed by atoms with Crippen LogP contribution in [0.4, 0.5) is 5.82 Å². The summed E-state index contributed by atoms with van der Waals surface area (Å²) in [6.45, 7) is 2.07. The largest absolute Gasteiger partial charge is 0.360 e. The number of anilines is 1. The molecule has 0 fully saturated rings. The predicted molar refractivity (Wildman–Crippen MR) is 118 cm³/mol. The molecule has 1 atom stereocenters. The third kappa shape index (κ3) is 4.54. The number of aromatic nitrogens is 1. The molecule has 1 aromatic heterocycles. The quantitative estimate of drug-likeness (QED) is 0.423. The van der Waals surface area contributed by atoms with Crippen LogP contribution in [0.25, 0.3) is 0 Å². The van der Waals surface area contributed by atoms with Gasteiger partial charge in [-0.2, -0.15) is 0 Å². The molecule has 1 aliphatic heterocycles. The molecule has 0 saturated carbocycles. The monoisotopic (exact) mass is 435 g/mol. The number of carbonyl (C=O) groups excluding carboxylic acids is 3. The van der Waals surface area contributed by atoms with E-state index in [0.717, 1.165) is 5.56 Å². The third-order valence-electron chi connectivity index (χ3n) is 4.91. The van der Waals surface area contributed by atoms with E-state index in [1.54, 1.807) is 37.3 Å². The SMILES string of the molecule is Cc1cc(NC(=O)C(SCCCN2C(=O)c3ccccc3C2=O)c2ccccc2)no1. The Morgan fingerprint density at radius 3 is 2.32 bits per heavy atom. The number of carbonyl (C=O) groups is 3. The summed E-state index contributed by atoms with van der Waals surface area (Å²) in [5.74, 6) is 0.854. The predicted octanol–water partition coefficient (Wildman–Crippen LogP) is 4.08. The Balaban J connectivity index is 1.37. The molecule has 0 saturated heterocycles. The Bertz CT molecular complexity index is 1080. The lowest BCUT2D eigenvalue weighted by Crippen LogP contribution is -2.31. The minimum absolute atomic E-state index is 0.203. The van der Waals surface area contributed by atoms with Gasteiger partial charge in [0.1, 0.15) is 11.0 Å². The van der Waals surface area contributed by atoms with E-state index in [9.17, 15) is 14.4 Å². The summed E-state index contributed by atoms with van der Waals surface area (Å²) in [4.78, 5) is 39.1. The fourth-order valence-electron chi connectivity index (χ4n) is 3.43. The number of thioether (sulfide) groups is 1. The maximum Gasteiger partial charge on any atom is 0.261 e. The van der Waals surface area contributed by atoms with Crippen molar-refractivity contribution in [3.8, 4) is 0 Å². The molecule has 1 unspecified atom stereocenters. The average Bonchev–Trinajstić information content (AvgIpc) is 3.30. The number of benzene rings is 2. The zero-order valence-corrected chi connectivity index (χ0v) is 17.7. The molecular formula is C23H21N3O4S. The fraction of sp³-hybridized carbons (Fsp3) is 0.217. The van der Waals surface area contributed by atoms with Gasteiger partial charge in [-0.15, -0.1) is 11.8 Å². The molecule has 1 N–H and O–H groups in total. The zero-order valence-electron chi connectivity index (χ0n) is 16.9. The number of amides is 3. The van der Waals surface area contributed by atoms with Crippen LogP contribution >= 0.6 is 11.8 Å². The summed E-state index contributed by atoms with van der Waals surface area (Å²) in [6, 6.07) is 18.0. The first kappa shape index (κ1) is 20.9. The van der Waals surface area contributed by atoms with Crippen LogP contribution < -0.4 is 5.32 Å². The second-order valence-electron chi connectivity index (χ2n) is 7.13. The first-order valence-corrected chi connectivity index (χ1v) is 11.0. The zero-order chi connectivity index (χ0) is 21.8. The molecule has 1 aliphatic rings. The standard InChI is InChI=1S/C23H21N3O4S/c1-15-14-19(25-30-15)24-21(27)20(16-8-3-2-4-9-16)31-13-7-12-26-22(28)17-10-5-6-11-18(17)23(26)29/h2-6,8-11,14,20H,7,12-13H2,1H3,(H,24,25,27). The van der Waals surface area contributed by atoms with Crippen LogP contribution in [0.3, 0.4) is 0 Å². The highest BCUT2D eigenvalue weighted by atomic mass is 32.2. The van der Waals surface area contributed by atoms with Crippen molar-refractivity contribution in [1.29, 1.82) is 0 Å². The fourth-order valence-corrected chi connectivity index (χ4v) is 4.53. The number of nitrogens with one attached hydrogen (secondary N) is 1. The van der Waals surface area contributed by atoms with Gasteiger partial charge in [0.05, 0.1) is 11.1 Å². The number of fused-ring (bicyclic) bond motifs is 1. The molecule has 158 valence electrons. The van der Waals surface area contributed by atoms with Crippen LogP contribution in [0, 0.1) is 6.92 Å². The summed E-state index contributed by atoms with van der Waals surface area (Å²) in [5.41, 5.74) is 1.76. The molecule has 7 nitrogen and oxygen atoms in total. The van der Waals surface area contributed by atoms with Crippen LogP contribution in [0.1, 0.15) is 43.7 Å². The molecule has 8 heteroatoms. The van der Waals surface area contributed by atoms with Gasteiger partial charge in [-0.25, -0.2) is 0 Å². The summed E-state index contributed by atoms with van der Waals surface area (Å²) in [5, 5.41) is 6.15. The number of hydrogen-bond donors (Lipinski definition) is 1. The van der Waals surface area contributed by atoms with Crippen molar-refractivity contribution in [2.24, 2.45) is 0 Å². The van der Waals surface area contributed by atoms with Gasteiger partial charge in [-0.1, -0.05) is 47.6 Å². The molecule has 31 heavy (non-hydrogen) atoms. The van der Waals surface area contributed by atoms with Crippen molar-refractivity contribution >= 4 is 35.3 Å². The Kier molecular flexibility index (Phi) is 6.18. The smallest absolute Gasteiger partial charge is 0.261 e. The van der Waals surface area contributed by atoms with Gasteiger partial charge in [0.2, 0.25) is 5.91 Å². The molecule has 3 amide bonds. The molecule has 0 radical (unpaired) electrons. The normalized spacial score (nSPS) is 13.9. The highest BCUT2D eigenvalue weighted by molar-refractivity contribution is 8.00. The molecule has 0 aliphatic carbocycles. The van der Waals surface area contributed by atoms with Gasteiger partial charge in [0, 0.05) is 12.6 Å². The summed E-state index contributed by atoms with van der Waals surface area (Å²) < 4.78 is 5.01. The van der Waals surface area contributed by atoms with Crippen LogP contribution in [-0.2, 0) is 4.79 Å². The van der Waals surface area contributed by atoms with Gasteiger partial charge >= 0.3 is 0 Å². The van der Waals surface area contributed by atoms with Crippen molar-refractivity contribution in [2.45, 2.75) is 18.6 Å². The van der Waals surface area contributed by atoms with Gasteiger partial charge in [-0.05, 0) is 36.8 Å². The first-order valence-electron chi connectivity index (χ1n) is 9.90. The van der Waals surface area contributed by atoms with Gasteiger partial charge < -0.3 is 9.84 Å². The van der Waals surface area contributed by atoms with E-state index in [2.05, 4.69) is 10.5 Å². The maximum absolute atomic E-state index is 12.9. The number of hydrogen-bond acceptors (Lipinski definition) is 6. The Morgan fingerprint density at radius 1 is 1.06 bits per heavy atom. The van der Waals surface area contributed by atoms with Crippen molar-refractivity contribution in [3.05, 3.63) is 83.1 Å². The van der Waals surface area contributed by atoms with Crippen LogP contribution in [0.2, 0.25) is 0 Å². The topological polar surface area (TPSA) is 92.5 Å². The van der Waals surface area contributed by atoms with Crippen molar-refractivity contribution < 1.29 is 18.9 Å². The lowest BCUT2D eigenvalue weighted by atomic mass is 10.1. The summed E-state index contributed by atoms with van der Waals surface area (Å²) in [6.07, 6.45) is 0.579. The molecule has 2 aromatic carbocycles. The molecule has 0 bridgehead atoms. The molecule has 0 spiro atoms. The van der Waals surface area contributed by atoms with Crippen LogP contribution in [0.5, 0.6) is 0 Å². The Morgan fingerprint density at radius 2 is 1.71 bits per heavy atom. The molecule has 2 heterocycles. The van der Waals surface area contributed by atoms with Crippen LogP contribution in [-0.4, -0.2) is 40.1 Å². The van der Waals surface area contributed by atoms with Gasteiger partial charge in [0.15, 0.2) is 5.82 Å². The van der Waals surface area contributed by atoms with E-state index in [-0.39, 0.29) is 17.7 Å². The first-order chi connectivity index (χ1) is 15.0. The Labute approximate surface area is 183 Å². The number of nitrogens with zero attached hydrogens (tertiary/aromatic N) is 2. The summed E-state index contributed by atoms with van der Waals surface area (Å²) in [7, 11) is 0. The number of rotatable bonds is 8. The second-order valence-corrected chi connectivity index (χ2v) is 8.35. The lowest BCUT2D eigenvalue weighted by Gasteiger charge is -2.17. The van der Waals surface area contributed by atoms with E-state index in [1.165, 1.54) is 16.7 Å². The van der Waals surface area contributed by atoms with Crippen molar-refractivity contribution in [1.82, 2.24) is 10.1 Å². The third-order valence-corrected chi connectivity index (χ3v) is 6.25. The van der Waals surface area contributed by atoms with E-state index >= 15 is 0 Å². The van der Waals surface area contributed by atoms with E-state index < -0.39 is 5.25 Å². The Hall–Kier alpha value is -3.39. The number of aryl methyl sites for hydroxylation is 1. The van der Waals surface area contributed by atoms with E-state index in [1.807, 2.05) is 30.3 Å². The molecular weight excluding hydrogens is 414 g/mol.